The second-order valence-corrected chi connectivity index (χ2v) is 5.64. The maximum Gasteiger partial charge on any atom is 0.387 e. The van der Waals surface area contributed by atoms with Gasteiger partial charge >= 0.3 is 12.6 Å². The summed E-state index contributed by atoms with van der Waals surface area (Å²) in [4.78, 5) is 24.2. The Balaban J connectivity index is 1.95. The molecule has 1 amide bonds. The van der Waals surface area contributed by atoms with Crippen LogP contribution in [-0.2, 0) is 16.1 Å². The van der Waals surface area contributed by atoms with Gasteiger partial charge in [0, 0.05) is 6.54 Å². The van der Waals surface area contributed by atoms with Crippen LogP contribution in [0.3, 0.4) is 0 Å². The van der Waals surface area contributed by atoms with Gasteiger partial charge < -0.3 is 19.5 Å². The van der Waals surface area contributed by atoms with E-state index in [9.17, 15) is 22.8 Å². The van der Waals surface area contributed by atoms with E-state index < -0.39 is 30.4 Å². The fraction of sp³-hybridized carbons (Fsp3) is 0.263. The quantitative estimate of drug-likeness (QED) is 0.692. The van der Waals surface area contributed by atoms with Gasteiger partial charge in [-0.15, -0.1) is 0 Å². The summed E-state index contributed by atoms with van der Waals surface area (Å²) in [5, 5.41) is 2.56. The summed E-state index contributed by atoms with van der Waals surface area (Å²) in [5.41, 5.74) is 0.671. The average molecular weight is 397 g/mol. The van der Waals surface area contributed by atoms with Crippen molar-refractivity contribution in [2.24, 2.45) is 0 Å². The van der Waals surface area contributed by atoms with E-state index in [1.807, 2.05) is 0 Å². The minimum absolute atomic E-state index is 0.00310. The normalized spacial score (nSPS) is 11.6. The van der Waals surface area contributed by atoms with Crippen LogP contribution in [0.1, 0.15) is 22.8 Å². The lowest BCUT2D eigenvalue weighted by atomic mass is 10.2. The fourth-order valence-electron chi connectivity index (χ4n) is 2.21. The van der Waals surface area contributed by atoms with Crippen LogP contribution in [0.15, 0.2) is 42.5 Å². The first kappa shape index (κ1) is 21.1. The maximum absolute atomic E-state index is 12.9. The standard InChI is InChI=1S/C19H18F3NO5/c1-11(17(24)23-10-12-3-6-14(20)7-4-12)27-18(25)13-5-8-15(28-19(21)22)16(9-13)26-2/h3-9,11,19H,10H2,1-2H3,(H,23,24)/t11-/m0/s1. The summed E-state index contributed by atoms with van der Waals surface area (Å²) < 4.78 is 51.8. The van der Waals surface area contributed by atoms with Crippen LogP contribution in [0.4, 0.5) is 13.2 Å². The molecule has 1 atom stereocenters. The third-order valence-corrected chi connectivity index (χ3v) is 3.65. The molecule has 0 heterocycles. The summed E-state index contributed by atoms with van der Waals surface area (Å²) in [6, 6.07) is 9.08. The van der Waals surface area contributed by atoms with E-state index in [0.29, 0.717) is 5.56 Å². The lowest BCUT2D eigenvalue weighted by molar-refractivity contribution is -0.129. The number of rotatable bonds is 8. The molecule has 9 heteroatoms. The monoisotopic (exact) mass is 397 g/mol. The van der Waals surface area contributed by atoms with Gasteiger partial charge in [0.15, 0.2) is 17.6 Å². The molecule has 0 radical (unpaired) electrons. The van der Waals surface area contributed by atoms with Gasteiger partial charge in [0.2, 0.25) is 0 Å². The Morgan fingerprint density at radius 2 is 1.75 bits per heavy atom. The Labute approximate surface area is 159 Å². The van der Waals surface area contributed by atoms with Crippen molar-refractivity contribution in [2.45, 2.75) is 26.2 Å². The van der Waals surface area contributed by atoms with Crippen LogP contribution in [0.5, 0.6) is 11.5 Å². The molecule has 1 N–H and O–H groups in total. The van der Waals surface area contributed by atoms with Crippen LogP contribution in [0, 0.1) is 5.82 Å². The Morgan fingerprint density at radius 1 is 1.07 bits per heavy atom. The van der Waals surface area contributed by atoms with Gasteiger partial charge in [-0.2, -0.15) is 8.78 Å². The predicted octanol–water partition coefficient (Wildman–Crippen LogP) is 3.30. The fourth-order valence-corrected chi connectivity index (χ4v) is 2.21. The highest BCUT2D eigenvalue weighted by Crippen LogP contribution is 2.29. The first-order valence-corrected chi connectivity index (χ1v) is 8.16. The van der Waals surface area contributed by atoms with Crippen molar-refractivity contribution in [3.8, 4) is 11.5 Å². The molecule has 0 aliphatic rings. The molecule has 0 bridgehead atoms. The van der Waals surface area contributed by atoms with Crippen LogP contribution in [0.25, 0.3) is 0 Å². The molecular formula is C19H18F3NO5. The molecule has 0 aliphatic heterocycles. The number of esters is 1. The van der Waals surface area contributed by atoms with Crippen molar-refractivity contribution in [1.29, 1.82) is 0 Å². The summed E-state index contributed by atoms with van der Waals surface area (Å²) in [6.45, 7) is -1.53. The van der Waals surface area contributed by atoms with Crippen LogP contribution in [0.2, 0.25) is 0 Å². The number of halogens is 3. The third kappa shape index (κ3) is 5.90. The van der Waals surface area contributed by atoms with Gasteiger partial charge in [-0.25, -0.2) is 9.18 Å². The zero-order valence-corrected chi connectivity index (χ0v) is 15.1. The van der Waals surface area contributed by atoms with Gasteiger partial charge in [0.25, 0.3) is 5.91 Å². The van der Waals surface area contributed by atoms with Gasteiger partial charge in [-0.05, 0) is 42.8 Å². The molecule has 0 unspecified atom stereocenters. The smallest absolute Gasteiger partial charge is 0.387 e. The van der Waals surface area contributed by atoms with E-state index >= 15 is 0 Å². The van der Waals surface area contributed by atoms with Crippen LogP contribution < -0.4 is 14.8 Å². The zero-order chi connectivity index (χ0) is 20.7. The number of alkyl halides is 2. The number of carbonyl (C=O) groups excluding carboxylic acids is 2. The number of carbonyl (C=O) groups is 2. The molecule has 150 valence electrons. The van der Waals surface area contributed by atoms with Crippen LogP contribution >= 0.6 is 0 Å². The number of hydrogen-bond acceptors (Lipinski definition) is 5. The van der Waals surface area contributed by atoms with E-state index in [0.717, 1.165) is 6.07 Å². The second-order valence-electron chi connectivity index (χ2n) is 5.64. The highest BCUT2D eigenvalue weighted by atomic mass is 19.3. The van der Waals surface area contributed by atoms with E-state index in [-0.39, 0.29) is 23.6 Å². The highest BCUT2D eigenvalue weighted by molar-refractivity contribution is 5.92. The van der Waals surface area contributed by atoms with Gasteiger partial charge in [-0.1, -0.05) is 12.1 Å². The average Bonchev–Trinajstić information content (AvgIpc) is 2.67. The van der Waals surface area contributed by atoms with Gasteiger partial charge in [0.05, 0.1) is 12.7 Å². The number of hydrogen-bond donors (Lipinski definition) is 1. The van der Waals surface area contributed by atoms with Crippen molar-refractivity contribution >= 4 is 11.9 Å². The lowest BCUT2D eigenvalue weighted by Crippen LogP contribution is -2.35. The van der Waals surface area contributed by atoms with E-state index in [1.165, 1.54) is 50.4 Å². The van der Waals surface area contributed by atoms with Crippen molar-refractivity contribution in [3.63, 3.8) is 0 Å². The number of ether oxygens (including phenoxy) is 3. The molecule has 0 spiro atoms. The van der Waals surface area contributed by atoms with E-state index in [4.69, 9.17) is 9.47 Å². The number of methoxy groups -OCH3 is 1. The summed E-state index contributed by atoms with van der Waals surface area (Å²) in [5.74, 6) is -2.10. The Hall–Kier alpha value is -3.23. The number of benzene rings is 2. The first-order chi connectivity index (χ1) is 13.3. The van der Waals surface area contributed by atoms with Gasteiger partial charge in [0.1, 0.15) is 5.82 Å². The molecule has 2 rings (SSSR count). The molecule has 0 saturated heterocycles. The summed E-state index contributed by atoms with van der Waals surface area (Å²) in [6.07, 6.45) is -1.11. The number of amides is 1. The zero-order valence-electron chi connectivity index (χ0n) is 15.1. The summed E-state index contributed by atoms with van der Waals surface area (Å²) in [7, 11) is 1.23. The van der Waals surface area contributed by atoms with Crippen molar-refractivity contribution in [1.82, 2.24) is 5.32 Å². The molecular weight excluding hydrogens is 379 g/mol. The minimum Gasteiger partial charge on any atom is -0.493 e. The molecule has 0 aliphatic carbocycles. The largest absolute Gasteiger partial charge is 0.493 e. The maximum atomic E-state index is 12.9. The second kappa shape index (κ2) is 9.63. The van der Waals surface area contributed by atoms with Crippen molar-refractivity contribution in [2.75, 3.05) is 7.11 Å². The Morgan fingerprint density at radius 3 is 2.36 bits per heavy atom. The molecule has 6 nitrogen and oxygen atoms in total. The molecule has 0 saturated carbocycles. The molecule has 28 heavy (non-hydrogen) atoms. The molecule has 0 aromatic heterocycles. The topological polar surface area (TPSA) is 73.9 Å². The van der Waals surface area contributed by atoms with Crippen molar-refractivity contribution < 1.29 is 37.0 Å². The molecule has 2 aromatic rings. The lowest BCUT2D eigenvalue weighted by Gasteiger charge is -2.15. The molecule has 0 fully saturated rings. The van der Waals surface area contributed by atoms with Crippen LogP contribution in [-0.4, -0.2) is 31.7 Å². The predicted molar refractivity (Wildman–Crippen MR) is 92.8 cm³/mol. The first-order valence-electron chi connectivity index (χ1n) is 8.16. The summed E-state index contributed by atoms with van der Waals surface area (Å²) >= 11 is 0. The minimum atomic E-state index is -3.04. The number of nitrogens with one attached hydrogen (secondary N) is 1. The Kier molecular flexibility index (Phi) is 7.25. The van der Waals surface area contributed by atoms with E-state index in [2.05, 4.69) is 10.1 Å². The van der Waals surface area contributed by atoms with Crippen molar-refractivity contribution in [3.05, 3.63) is 59.4 Å². The Bertz CT molecular complexity index is 827. The SMILES string of the molecule is COc1cc(C(=O)O[C@@H](C)C(=O)NCc2ccc(F)cc2)ccc1OC(F)F. The highest BCUT2D eigenvalue weighted by Gasteiger charge is 2.20. The third-order valence-electron chi connectivity index (χ3n) is 3.65. The van der Waals surface area contributed by atoms with Gasteiger partial charge in [-0.3, -0.25) is 4.79 Å². The van der Waals surface area contributed by atoms with E-state index in [1.54, 1.807) is 0 Å². The molecule has 2 aromatic carbocycles.